The fourth-order valence-electron chi connectivity index (χ4n) is 1.30. The lowest BCUT2D eigenvalue weighted by Crippen LogP contribution is -2.10. The molecule has 3 nitrogen and oxygen atoms in total. The highest BCUT2D eigenvalue weighted by Gasteiger charge is 2.15. The molecule has 0 aliphatic heterocycles. The number of carbonyl (C=O) groups excluding carboxylic acids is 1. The minimum Gasteiger partial charge on any atom is -0.299 e. The normalized spacial score (nSPS) is 12.5. The maximum atomic E-state index is 11.2. The zero-order valence-electron chi connectivity index (χ0n) is 8.24. The zero-order valence-corrected chi connectivity index (χ0v) is 8.24. The average molecular weight is 178 g/mol. The van der Waals surface area contributed by atoms with Gasteiger partial charge < -0.3 is 0 Å². The Bertz CT molecular complexity index is 292. The first-order chi connectivity index (χ1) is 6.15. The predicted molar refractivity (Wildman–Crippen MR) is 50.5 cm³/mol. The molecule has 0 aliphatic carbocycles. The van der Waals surface area contributed by atoms with E-state index >= 15 is 0 Å². The largest absolute Gasteiger partial charge is 0.299 e. The summed E-state index contributed by atoms with van der Waals surface area (Å²) in [6, 6.07) is 3.76. The maximum Gasteiger partial charge on any atom is 0.138 e. The number of ketones is 1. The van der Waals surface area contributed by atoms with Crippen LogP contribution in [-0.4, -0.2) is 16.0 Å². The molecule has 0 spiro atoms. The lowest BCUT2D eigenvalue weighted by Gasteiger charge is -2.08. The predicted octanol–water partition coefficient (Wildman–Crippen LogP) is 1.87. The molecule has 1 rings (SSSR count). The van der Waals surface area contributed by atoms with Crippen LogP contribution in [0.1, 0.15) is 37.6 Å². The summed E-state index contributed by atoms with van der Waals surface area (Å²) in [6.07, 6.45) is 0.785. The Morgan fingerprint density at radius 1 is 1.46 bits per heavy atom. The van der Waals surface area contributed by atoms with Crippen molar-refractivity contribution < 1.29 is 4.79 Å². The van der Waals surface area contributed by atoms with Gasteiger partial charge in [0.25, 0.3) is 0 Å². The number of aryl methyl sites for hydroxylation is 1. The third kappa shape index (κ3) is 2.34. The van der Waals surface area contributed by atoms with Crippen molar-refractivity contribution in [2.24, 2.45) is 0 Å². The third-order valence-electron chi connectivity index (χ3n) is 2.07. The lowest BCUT2D eigenvalue weighted by molar-refractivity contribution is -0.118. The summed E-state index contributed by atoms with van der Waals surface area (Å²) in [4.78, 5) is 11.2. The van der Waals surface area contributed by atoms with Crippen molar-refractivity contribution in [1.29, 1.82) is 0 Å². The van der Waals surface area contributed by atoms with Crippen molar-refractivity contribution in [3.8, 4) is 0 Å². The standard InChI is InChI=1S/C10H14N2O/c1-4-9(8(3)13)10-6-5-7(2)11-12-10/h5-6,9H,4H2,1-3H3. The van der Waals surface area contributed by atoms with Crippen LogP contribution in [0, 0.1) is 6.92 Å². The van der Waals surface area contributed by atoms with Gasteiger partial charge in [-0.3, -0.25) is 4.79 Å². The van der Waals surface area contributed by atoms with Crippen LogP contribution in [0.5, 0.6) is 0 Å². The topological polar surface area (TPSA) is 42.9 Å². The van der Waals surface area contributed by atoms with E-state index in [-0.39, 0.29) is 11.7 Å². The quantitative estimate of drug-likeness (QED) is 0.709. The molecule has 1 heterocycles. The highest BCUT2D eigenvalue weighted by Crippen LogP contribution is 2.17. The van der Waals surface area contributed by atoms with E-state index in [4.69, 9.17) is 0 Å². The fourth-order valence-corrected chi connectivity index (χ4v) is 1.30. The molecule has 70 valence electrons. The van der Waals surface area contributed by atoms with Gasteiger partial charge in [0.05, 0.1) is 17.3 Å². The first kappa shape index (κ1) is 9.84. The molecule has 1 aromatic rings. The molecule has 0 N–H and O–H groups in total. The van der Waals surface area contributed by atoms with Crippen molar-refractivity contribution >= 4 is 5.78 Å². The number of rotatable bonds is 3. The lowest BCUT2D eigenvalue weighted by atomic mass is 9.98. The van der Waals surface area contributed by atoms with Gasteiger partial charge in [-0.25, -0.2) is 0 Å². The Balaban J connectivity index is 2.92. The monoisotopic (exact) mass is 178 g/mol. The van der Waals surface area contributed by atoms with Crippen molar-refractivity contribution in [2.45, 2.75) is 33.1 Å². The number of nitrogens with zero attached hydrogens (tertiary/aromatic N) is 2. The smallest absolute Gasteiger partial charge is 0.138 e. The summed E-state index contributed by atoms with van der Waals surface area (Å²) >= 11 is 0. The van der Waals surface area contributed by atoms with E-state index in [1.165, 1.54) is 0 Å². The van der Waals surface area contributed by atoms with Crippen LogP contribution in [0.4, 0.5) is 0 Å². The Labute approximate surface area is 78.2 Å². The van der Waals surface area contributed by atoms with Crippen LogP contribution in [-0.2, 0) is 4.79 Å². The van der Waals surface area contributed by atoms with E-state index in [1.807, 2.05) is 26.0 Å². The zero-order chi connectivity index (χ0) is 9.84. The summed E-state index contributed by atoms with van der Waals surface area (Å²) in [6.45, 7) is 5.45. The second kappa shape index (κ2) is 4.12. The molecular weight excluding hydrogens is 164 g/mol. The van der Waals surface area contributed by atoms with Gasteiger partial charge in [-0.1, -0.05) is 6.92 Å². The van der Waals surface area contributed by atoms with Crippen LogP contribution in [0.2, 0.25) is 0 Å². The molecule has 1 aromatic heterocycles. The minimum absolute atomic E-state index is 0.0897. The molecule has 0 bridgehead atoms. The van der Waals surface area contributed by atoms with E-state index < -0.39 is 0 Å². The van der Waals surface area contributed by atoms with Crippen LogP contribution in [0.15, 0.2) is 12.1 Å². The van der Waals surface area contributed by atoms with Crippen molar-refractivity contribution in [2.75, 3.05) is 0 Å². The van der Waals surface area contributed by atoms with Crippen molar-refractivity contribution in [1.82, 2.24) is 10.2 Å². The van der Waals surface area contributed by atoms with Crippen LogP contribution < -0.4 is 0 Å². The second-order valence-electron chi connectivity index (χ2n) is 3.17. The summed E-state index contributed by atoms with van der Waals surface area (Å²) in [5, 5.41) is 7.93. The van der Waals surface area contributed by atoms with E-state index in [9.17, 15) is 4.79 Å². The third-order valence-corrected chi connectivity index (χ3v) is 2.07. The molecule has 3 heteroatoms. The summed E-state index contributed by atoms with van der Waals surface area (Å²) in [5.74, 6) is 0.0637. The first-order valence-corrected chi connectivity index (χ1v) is 4.45. The SMILES string of the molecule is CCC(C(C)=O)c1ccc(C)nn1. The molecule has 1 unspecified atom stereocenters. The number of hydrogen-bond acceptors (Lipinski definition) is 3. The van der Waals surface area contributed by atoms with E-state index in [1.54, 1.807) is 6.92 Å². The van der Waals surface area contributed by atoms with E-state index in [0.717, 1.165) is 17.8 Å². The van der Waals surface area contributed by atoms with Gasteiger partial charge in [0.2, 0.25) is 0 Å². The number of aromatic nitrogens is 2. The second-order valence-corrected chi connectivity index (χ2v) is 3.17. The Hall–Kier alpha value is -1.25. The molecule has 0 aromatic carbocycles. The van der Waals surface area contributed by atoms with Gasteiger partial charge in [0, 0.05) is 0 Å². The number of Topliss-reactive ketones (excluding diaryl/α,β-unsaturated/α-hetero) is 1. The Kier molecular flexibility index (Phi) is 3.12. The van der Waals surface area contributed by atoms with Crippen LogP contribution >= 0.6 is 0 Å². The molecule has 1 atom stereocenters. The molecule has 0 aliphatic rings. The molecule has 0 saturated carbocycles. The fraction of sp³-hybridized carbons (Fsp3) is 0.500. The molecule has 0 saturated heterocycles. The van der Waals surface area contributed by atoms with E-state index in [2.05, 4.69) is 10.2 Å². The van der Waals surface area contributed by atoms with Gasteiger partial charge in [-0.2, -0.15) is 10.2 Å². The Morgan fingerprint density at radius 3 is 2.54 bits per heavy atom. The first-order valence-electron chi connectivity index (χ1n) is 4.45. The van der Waals surface area contributed by atoms with Crippen LogP contribution in [0.25, 0.3) is 0 Å². The number of carbonyl (C=O) groups is 1. The Morgan fingerprint density at radius 2 is 2.15 bits per heavy atom. The number of hydrogen-bond donors (Lipinski definition) is 0. The summed E-state index contributed by atoms with van der Waals surface area (Å²) in [7, 11) is 0. The van der Waals surface area contributed by atoms with Crippen molar-refractivity contribution in [3.63, 3.8) is 0 Å². The summed E-state index contributed by atoms with van der Waals surface area (Å²) < 4.78 is 0. The average Bonchev–Trinajstić information content (AvgIpc) is 2.09. The van der Waals surface area contributed by atoms with Crippen molar-refractivity contribution in [3.05, 3.63) is 23.5 Å². The molecule has 0 amide bonds. The van der Waals surface area contributed by atoms with Gasteiger partial charge >= 0.3 is 0 Å². The molecule has 0 radical (unpaired) electrons. The van der Waals surface area contributed by atoms with E-state index in [0.29, 0.717) is 0 Å². The summed E-state index contributed by atoms with van der Waals surface area (Å²) in [5.41, 5.74) is 1.66. The maximum absolute atomic E-state index is 11.2. The van der Waals surface area contributed by atoms with Gasteiger partial charge in [0.1, 0.15) is 5.78 Å². The highest BCUT2D eigenvalue weighted by molar-refractivity contribution is 5.82. The molecule has 0 fully saturated rings. The molecule has 13 heavy (non-hydrogen) atoms. The van der Waals surface area contributed by atoms with Gasteiger partial charge in [-0.15, -0.1) is 0 Å². The van der Waals surface area contributed by atoms with Crippen LogP contribution in [0.3, 0.4) is 0 Å². The highest BCUT2D eigenvalue weighted by atomic mass is 16.1. The van der Waals surface area contributed by atoms with Gasteiger partial charge in [0.15, 0.2) is 0 Å². The minimum atomic E-state index is -0.0897. The van der Waals surface area contributed by atoms with Gasteiger partial charge in [-0.05, 0) is 32.4 Å². The molecular formula is C10H14N2O.